The summed E-state index contributed by atoms with van der Waals surface area (Å²) in [6.45, 7) is 5.50. The van der Waals surface area contributed by atoms with Crippen molar-refractivity contribution in [1.82, 2.24) is 5.32 Å². The van der Waals surface area contributed by atoms with Gasteiger partial charge in [0.05, 0.1) is 6.61 Å². The van der Waals surface area contributed by atoms with E-state index in [0.29, 0.717) is 0 Å². The summed E-state index contributed by atoms with van der Waals surface area (Å²) in [5.41, 5.74) is 0. The highest BCUT2D eigenvalue weighted by Gasteiger charge is 1.95. The van der Waals surface area contributed by atoms with Crippen LogP contribution in [0.3, 0.4) is 0 Å². The zero-order valence-electron chi connectivity index (χ0n) is 7.77. The molecule has 0 saturated carbocycles. The zero-order valence-corrected chi connectivity index (χ0v) is 7.77. The van der Waals surface area contributed by atoms with E-state index >= 15 is 0 Å². The third-order valence-electron chi connectivity index (χ3n) is 1.80. The van der Waals surface area contributed by atoms with Gasteiger partial charge in [0, 0.05) is 6.04 Å². The van der Waals surface area contributed by atoms with Gasteiger partial charge in [-0.3, -0.25) is 0 Å². The van der Waals surface area contributed by atoms with Gasteiger partial charge in [-0.2, -0.15) is 0 Å². The lowest BCUT2D eigenvalue weighted by molar-refractivity contribution is 0.251. The Labute approximate surface area is 70.0 Å². The van der Waals surface area contributed by atoms with Crippen LogP contribution in [0, 0.1) is 0 Å². The molecular weight excluding hydrogens is 138 g/mol. The highest BCUT2D eigenvalue weighted by molar-refractivity contribution is 4.57. The van der Waals surface area contributed by atoms with Gasteiger partial charge in [0.15, 0.2) is 0 Å². The predicted octanol–water partition coefficient (Wildman–Crippen LogP) is 1.54. The fraction of sp³-hybridized carbons (Fsp3) is 1.00. The van der Waals surface area contributed by atoms with Crippen molar-refractivity contribution in [3.05, 3.63) is 0 Å². The molecule has 0 amide bonds. The highest BCUT2D eigenvalue weighted by Crippen LogP contribution is 1.97. The Balaban J connectivity index is 2.89. The maximum atomic E-state index is 8.67. The Bertz CT molecular complexity index is 76.0. The lowest BCUT2D eigenvalue weighted by Gasteiger charge is -2.09. The smallest absolute Gasteiger partial charge is 0.0581 e. The Morgan fingerprint density at radius 2 is 2.00 bits per heavy atom. The number of unbranched alkanes of at least 4 members (excludes halogenated alkanes) is 3. The molecule has 0 saturated heterocycles. The molecule has 1 unspecified atom stereocenters. The van der Waals surface area contributed by atoms with Gasteiger partial charge in [0.25, 0.3) is 0 Å². The van der Waals surface area contributed by atoms with E-state index in [-0.39, 0.29) is 12.6 Å². The normalized spacial score (nSPS) is 13.4. The molecule has 68 valence electrons. The molecule has 0 fully saturated rings. The molecule has 2 nitrogen and oxygen atoms in total. The number of hydrogen-bond donors (Lipinski definition) is 2. The maximum Gasteiger partial charge on any atom is 0.0581 e. The van der Waals surface area contributed by atoms with Gasteiger partial charge in [-0.15, -0.1) is 0 Å². The van der Waals surface area contributed by atoms with Crippen molar-refractivity contribution < 1.29 is 5.11 Å². The van der Waals surface area contributed by atoms with Crippen LogP contribution < -0.4 is 5.32 Å². The summed E-state index contributed by atoms with van der Waals surface area (Å²) in [5, 5.41) is 11.9. The van der Waals surface area contributed by atoms with Crippen molar-refractivity contribution in [3.8, 4) is 0 Å². The third kappa shape index (κ3) is 7.82. The van der Waals surface area contributed by atoms with E-state index in [1.54, 1.807) is 0 Å². The molecule has 0 aromatic heterocycles. The fourth-order valence-electron chi connectivity index (χ4n) is 0.965. The summed E-state index contributed by atoms with van der Waals surface area (Å²) in [4.78, 5) is 0. The fourth-order valence-corrected chi connectivity index (χ4v) is 0.965. The standard InChI is InChI=1S/C9H21NO/c1-3-4-5-6-7-10-9(2)8-11/h9-11H,3-8H2,1-2H3. The molecule has 0 rings (SSSR count). The maximum absolute atomic E-state index is 8.67. The minimum Gasteiger partial charge on any atom is -0.395 e. The summed E-state index contributed by atoms with van der Waals surface area (Å²) in [7, 11) is 0. The van der Waals surface area contributed by atoms with Crippen LogP contribution >= 0.6 is 0 Å². The van der Waals surface area contributed by atoms with E-state index in [0.717, 1.165) is 6.54 Å². The summed E-state index contributed by atoms with van der Waals surface area (Å²) >= 11 is 0. The van der Waals surface area contributed by atoms with Crippen LogP contribution in [0.4, 0.5) is 0 Å². The van der Waals surface area contributed by atoms with Gasteiger partial charge in [0.1, 0.15) is 0 Å². The SMILES string of the molecule is CCCCCCNC(C)CO. The van der Waals surface area contributed by atoms with E-state index in [9.17, 15) is 0 Å². The van der Waals surface area contributed by atoms with Crippen LogP contribution in [0.1, 0.15) is 39.5 Å². The van der Waals surface area contributed by atoms with Crippen molar-refractivity contribution in [2.75, 3.05) is 13.2 Å². The molecular formula is C9H21NO. The van der Waals surface area contributed by atoms with E-state index in [1.807, 2.05) is 6.92 Å². The topological polar surface area (TPSA) is 32.3 Å². The molecule has 0 aliphatic rings. The van der Waals surface area contributed by atoms with Gasteiger partial charge in [0.2, 0.25) is 0 Å². The van der Waals surface area contributed by atoms with Crippen molar-refractivity contribution in [2.45, 2.75) is 45.6 Å². The molecule has 0 heterocycles. The lowest BCUT2D eigenvalue weighted by Crippen LogP contribution is -2.29. The summed E-state index contributed by atoms with van der Waals surface area (Å²) < 4.78 is 0. The first-order valence-corrected chi connectivity index (χ1v) is 4.65. The average Bonchev–Trinajstić information content (AvgIpc) is 2.04. The molecule has 0 spiro atoms. The van der Waals surface area contributed by atoms with Crippen LogP contribution in [-0.2, 0) is 0 Å². The van der Waals surface area contributed by atoms with Crippen molar-refractivity contribution in [3.63, 3.8) is 0 Å². The van der Waals surface area contributed by atoms with E-state index < -0.39 is 0 Å². The molecule has 0 aromatic carbocycles. The zero-order chi connectivity index (χ0) is 8.53. The van der Waals surface area contributed by atoms with E-state index in [2.05, 4.69) is 12.2 Å². The van der Waals surface area contributed by atoms with E-state index in [1.165, 1.54) is 25.7 Å². The van der Waals surface area contributed by atoms with Gasteiger partial charge in [-0.25, -0.2) is 0 Å². The summed E-state index contributed by atoms with van der Waals surface area (Å²) in [6, 6.07) is 0.261. The van der Waals surface area contributed by atoms with Crippen molar-refractivity contribution in [1.29, 1.82) is 0 Å². The van der Waals surface area contributed by atoms with E-state index in [4.69, 9.17) is 5.11 Å². The Morgan fingerprint density at radius 1 is 1.27 bits per heavy atom. The first kappa shape index (κ1) is 10.9. The van der Waals surface area contributed by atoms with Gasteiger partial charge >= 0.3 is 0 Å². The van der Waals surface area contributed by atoms with Gasteiger partial charge in [-0.1, -0.05) is 26.2 Å². The minimum absolute atomic E-state index is 0.244. The Hall–Kier alpha value is -0.0800. The predicted molar refractivity (Wildman–Crippen MR) is 48.7 cm³/mol. The molecule has 0 aliphatic heterocycles. The van der Waals surface area contributed by atoms with Gasteiger partial charge < -0.3 is 10.4 Å². The monoisotopic (exact) mass is 159 g/mol. The van der Waals surface area contributed by atoms with Crippen LogP contribution in [0.15, 0.2) is 0 Å². The molecule has 0 aliphatic carbocycles. The quantitative estimate of drug-likeness (QED) is 0.552. The number of aliphatic hydroxyl groups excluding tert-OH is 1. The molecule has 11 heavy (non-hydrogen) atoms. The molecule has 0 radical (unpaired) electrons. The second-order valence-corrected chi connectivity index (χ2v) is 3.10. The summed E-state index contributed by atoms with van der Waals surface area (Å²) in [5.74, 6) is 0. The minimum atomic E-state index is 0.244. The largest absolute Gasteiger partial charge is 0.395 e. The number of aliphatic hydroxyl groups is 1. The molecule has 0 bridgehead atoms. The van der Waals surface area contributed by atoms with Crippen LogP contribution in [0.5, 0.6) is 0 Å². The average molecular weight is 159 g/mol. The molecule has 2 heteroatoms. The van der Waals surface area contributed by atoms with Crippen LogP contribution in [-0.4, -0.2) is 24.3 Å². The van der Waals surface area contributed by atoms with Crippen molar-refractivity contribution in [2.24, 2.45) is 0 Å². The summed E-state index contributed by atoms with van der Waals surface area (Å²) in [6.07, 6.45) is 5.16. The van der Waals surface area contributed by atoms with Crippen LogP contribution in [0.25, 0.3) is 0 Å². The first-order chi connectivity index (χ1) is 5.31. The van der Waals surface area contributed by atoms with Gasteiger partial charge in [-0.05, 0) is 19.9 Å². The third-order valence-corrected chi connectivity index (χ3v) is 1.80. The number of nitrogens with one attached hydrogen (secondary N) is 1. The second kappa shape index (κ2) is 8.02. The Kier molecular flexibility index (Phi) is 7.96. The number of rotatable bonds is 7. The molecule has 2 N–H and O–H groups in total. The molecule has 0 aromatic rings. The molecule has 1 atom stereocenters. The highest BCUT2D eigenvalue weighted by atomic mass is 16.3. The first-order valence-electron chi connectivity index (χ1n) is 4.65. The van der Waals surface area contributed by atoms with Crippen LogP contribution in [0.2, 0.25) is 0 Å². The Morgan fingerprint density at radius 3 is 2.55 bits per heavy atom. The van der Waals surface area contributed by atoms with Crippen molar-refractivity contribution >= 4 is 0 Å². The second-order valence-electron chi connectivity index (χ2n) is 3.10. The lowest BCUT2D eigenvalue weighted by atomic mass is 10.2. The number of hydrogen-bond acceptors (Lipinski definition) is 2.